The molecule has 0 saturated heterocycles. The number of pyridine rings is 1. The summed E-state index contributed by atoms with van der Waals surface area (Å²) in [5.74, 6) is 0.149. The first-order valence-corrected chi connectivity index (χ1v) is 5.99. The van der Waals surface area contributed by atoms with Crippen molar-refractivity contribution in [3.8, 4) is 5.88 Å². The summed E-state index contributed by atoms with van der Waals surface area (Å²) in [6.45, 7) is 0. The van der Waals surface area contributed by atoms with Crippen LogP contribution in [0, 0.1) is 0 Å². The molecule has 0 aliphatic rings. The van der Waals surface area contributed by atoms with E-state index in [1.807, 2.05) is 6.07 Å². The van der Waals surface area contributed by atoms with E-state index >= 15 is 0 Å². The first-order valence-electron chi connectivity index (χ1n) is 4.38. The molecule has 2 aromatic rings. The van der Waals surface area contributed by atoms with E-state index in [0.29, 0.717) is 20.7 Å². The van der Waals surface area contributed by atoms with Crippen LogP contribution < -0.4 is 4.74 Å². The standard InChI is InChI=1S/C10H8BrNO3S/c1-14-6-4-3-5-8(12-6)7(11)9(16-5)10(13)15-2/h3-4H,1-2H3. The molecule has 0 aliphatic carbocycles. The third-order valence-electron chi connectivity index (χ3n) is 2.03. The van der Waals surface area contributed by atoms with Crippen LogP contribution in [0.15, 0.2) is 16.6 Å². The number of aromatic nitrogens is 1. The lowest BCUT2D eigenvalue weighted by Crippen LogP contribution is -1.98. The molecule has 2 rings (SSSR count). The van der Waals surface area contributed by atoms with Crippen molar-refractivity contribution in [1.82, 2.24) is 4.98 Å². The molecule has 0 N–H and O–H groups in total. The largest absolute Gasteiger partial charge is 0.481 e. The van der Waals surface area contributed by atoms with Gasteiger partial charge in [0.05, 0.1) is 23.4 Å². The normalized spacial score (nSPS) is 10.4. The lowest BCUT2D eigenvalue weighted by atomic mass is 10.3. The van der Waals surface area contributed by atoms with Crippen molar-refractivity contribution < 1.29 is 14.3 Å². The van der Waals surface area contributed by atoms with Gasteiger partial charge in [0.15, 0.2) is 0 Å². The van der Waals surface area contributed by atoms with Gasteiger partial charge in [-0.3, -0.25) is 0 Å². The maximum Gasteiger partial charge on any atom is 0.349 e. The zero-order valence-electron chi connectivity index (χ0n) is 8.61. The summed E-state index contributed by atoms with van der Waals surface area (Å²) in [5, 5.41) is 0. The van der Waals surface area contributed by atoms with E-state index in [4.69, 9.17) is 4.74 Å². The number of rotatable bonds is 2. The Kier molecular flexibility index (Phi) is 3.11. The molecule has 0 saturated carbocycles. The van der Waals surface area contributed by atoms with Gasteiger partial charge in [0, 0.05) is 6.07 Å². The number of hydrogen-bond donors (Lipinski definition) is 0. The molecule has 0 bridgehead atoms. The van der Waals surface area contributed by atoms with Crippen molar-refractivity contribution in [3.05, 3.63) is 21.5 Å². The van der Waals surface area contributed by atoms with Crippen molar-refractivity contribution in [1.29, 1.82) is 0 Å². The highest BCUT2D eigenvalue weighted by atomic mass is 79.9. The molecule has 16 heavy (non-hydrogen) atoms. The van der Waals surface area contributed by atoms with E-state index in [2.05, 4.69) is 25.7 Å². The van der Waals surface area contributed by atoms with Gasteiger partial charge in [0.2, 0.25) is 5.88 Å². The van der Waals surface area contributed by atoms with Gasteiger partial charge in [-0.2, -0.15) is 0 Å². The summed E-state index contributed by atoms with van der Waals surface area (Å²) < 4.78 is 11.3. The van der Waals surface area contributed by atoms with Crippen LogP contribution in [0.25, 0.3) is 10.2 Å². The number of halogens is 1. The fraction of sp³-hybridized carbons (Fsp3) is 0.200. The highest BCUT2D eigenvalue weighted by molar-refractivity contribution is 9.10. The van der Waals surface area contributed by atoms with Gasteiger partial charge >= 0.3 is 5.97 Å². The maximum atomic E-state index is 11.5. The zero-order chi connectivity index (χ0) is 11.7. The molecule has 0 aromatic carbocycles. The SMILES string of the molecule is COC(=O)c1sc2ccc(OC)nc2c1Br. The van der Waals surface area contributed by atoms with Crippen molar-refractivity contribution in [2.45, 2.75) is 0 Å². The van der Waals surface area contributed by atoms with Gasteiger partial charge < -0.3 is 9.47 Å². The molecule has 0 atom stereocenters. The summed E-state index contributed by atoms with van der Waals surface area (Å²) >= 11 is 4.68. The highest BCUT2D eigenvalue weighted by Gasteiger charge is 2.18. The van der Waals surface area contributed by atoms with Gasteiger partial charge in [-0.1, -0.05) is 0 Å². The molecular formula is C10H8BrNO3S. The van der Waals surface area contributed by atoms with Crippen LogP contribution in [0.1, 0.15) is 9.67 Å². The Morgan fingerprint density at radius 2 is 2.19 bits per heavy atom. The second-order valence-electron chi connectivity index (χ2n) is 2.94. The monoisotopic (exact) mass is 301 g/mol. The average molecular weight is 302 g/mol. The fourth-order valence-electron chi connectivity index (χ4n) is 1.27. The molecule has 6 heteroatoms. The van der Waals surface area contributed by atoms with Crippen LogP contribution in [0.3, 0.4) is 0 Å². The van der Waals surface area contributed by atoms with E-state index in [1.54, 1.807) is 13.2 Å². The van der Waals surface area contributed by atoms with E-state index in [1.165, 1.54) is 18.4 Å². The quantitative estimate of drug-likeness (QED) is 0.800. The molecule has 0 radical (unpaired) electrons. The van der Waals surface area contributed by atoms with E-state index in [9.17, 15) is 4.79 Å². The van der Waals surface area contributed by atoms with E-state index in [-0.39, 0.29) is 5.97 Å². The van der Waals surface area contributed by atoms with Gasteiger partial charge in [-0.05, 0) is 22.0 Å². The Morgan fingerprint density at radius 3 is 2.81 bits per heavy atom. The van der Waals surface area contributed by atoms with Gasteiger partial charge in [-0.15, -0.1) is 11.3 Å². The van der Waals surface area contributed by atoms with Crippen molar-refractivity contribution in [3.63, 3.8) is 0 Å². The Morgan fingerprint density at radius 1 is 1.44 bits per heavy atom. The Labute approximate surface area is 104 Å². The number of carbonyl (C=O) groups is 1. The molecule has 2 heterocycles. The minimum Gasteiger partial charge on any atom is -0.481 e. The van der Waals surface area contributed by atoms with E-state index < -0.39 is 0 Å². The van der Waals surface area contributed by atoms with Crippen molar-refractivity contribution in [2.24, 2.45) is 0 Å². The van der Waals surface area contributed by atoms with Gasteiger partial charge in [-0.25, -0.2) is 9.78 Å². The molecule has 84 valence electrons. The van der Waals surface area contributed by atoms with Gasteiger partial charge in [0.1, 0.15) is 10.4 Å². The lowest BCUT2D eigenvalue weighted by Gasteiger charge is -1.97. The number of esters is 1. The zero-order valence-corrected chi connectivity index (χ0v) is 11.0. The van der Waals surface area contributed by atoms with Crippen LogP contribution in [0.5, 0.6) is 5.88 Å². The summed E-state index contributed by atoms with van der Waals surface area (Å²) in [7, 11) is 2.91. The first-order chi connectivity index (χ1) is 7.67. The number of fused-ring (bicyclic) bond motifs is 1. The molecular weight excluding hydrogens is 294 g/mol. The molecule has 0 fully saturated rings. The Hall–Kier alpha value is -1.14. The molecule has 0 unspecified atom stereocenters. The predicted molar refractivity (Wildman–Crippen MR) is 65.2 cm³/mol. The van der Waals surface area contributed by atoms with Crippen LogP contribution in [0.2, 0.25) is 0 Å². The van der Waals surface area contributed by atoms with Crippen LogP contribution in [-0.2, 0) is 4.74 Å². The van der Waals surface area contributed by atoms with Crippen LogP contribution >= 0.6 is 27.3 Å². The number of thiophene rings is 1. The number of methoxy groups -OCH3 is 2. The smallest absolute Gasteiger partial charge is 0.349 e. The molecule has 2 aromatic heterocycles. The van der Waals surface area contributed by atoms with E-state index in [0.717, 1.165) is 4.70 Å². The summed E-state index contributed by atoms with van der Waals surface area (Å²) in [6, 6.07) is 3.62. The third kappa shape index (κ3) is 1.78. The summed E-state index contributed by atoms with van der Waals surface area (Å²) in [5.41, 5.74) is 0.713. The lowest BCUT2D eigenvalue weighted by molar-refractivity contribution is 0.0605. The minimum atomic E-state index is -0.367. The molecule has 0 spiro atoms. The average Bonchev–Trinajstić information content (AvgIpc) is 2.65. The maximum absolute atomic E-state index is 11.5. The second-order valence-corrected chi connectivity index (χ2v) is 4.78. The minimum absolute atomic E-state index is 0.367. The second kappa shape index (κ2) is 4.39. The van der Waals surface area contributed by atoms with Crippen LogP contribution in [0.4, 0.5) is 0 Å². The highest BCUT2D eigenvalue weighted by Crippen LogP contribution is 2.35. The number of nitrogens with zero attached hydrogens (tertiary/aromatic N) is 1. The summed E-state index contributed by atoms with van der Waals surface area (Å²) in [4.78, 5) is 16.2. The van der Waals surface area contributed by atoms with Crippen LogP contribution in [-0.4, -0.2) is 25.2 Å². The van der Waals surface area contributed by atoms with Crippen molar-refractivity contribution in [2.75, 3.05) is 14.2 Å². The fourth-order valence-corrected chi connectivity index (χ4v) is 3.06. The third-order valence-corrected chi connectivity index (χ3v) is 4.19. The predicted octanol–water partition coefficient (Wildman–Crippen LogP) is 2.85. The van der Waals surface area contributed by atoms with Crippen molar-refractivity contribution >= 4 is 43.5 Å². The molecule has 0 aliphatic heterocycles. The van der Waals surface area contributed by atoms with Gasteiger partial charge in [0.25, 0.3) is 0 Å². The number of hydrogen-bond acceptors (Lipinski definition) is 5. The number of ether oxygens (including phenoxy) is 2. The Bertz CT molecular complexity index is 552. The summed E-state index contributed by atoms with van der Waals surface area (Å²) in [6.07, 6.45) is 0. The molecule has 0 amide bonds. The molecule has 4 nitrogen and oxygen atoms in total. The Balaban J connectivity index is 2.64. The first kappa shape index (κ1) is 11.3. The topological polar surface area (TPSA) is 48.4 Å². The number of carbonyl (C=O) groups excluding carboxylic acids is 1.